The third-order valence-electron chi connectivity index (χ3n) is 6.02. The van der Waals surface area contributed by atoms with Crippen molar-refractivity contribution in [2.24, 2.45) is 0 Å². The minimum absolute atomic E-state index is 0.146. The lowest BCUT2D eigenvalue weighted by Gasteiger charge is -2.35. The van der Waals surface area contributed by atoms with Crippen molar-refractivity contribution in [3.05, 3.63) is 36.4 Å². The van der Waals surface area contributed by atoms with Gasteiger partial charge in [-0.1, -0.05) is 56.0 Å². The summed E-state index contributed by atoms with van der Waals surface area (Å²) in [5.74, 6) is 1.81. The van der Waals surface area contributed by atoms with Crippen LogP contribution in [0.25, 0.3) is 11.3 Å². The molecule has 2 heterocycles. The fourth-order valence-corrected chi connectivity index (χ4v) is 4.27. The molecule has 1 aliphatic carbocycles. The van der Waals surface area contributed by atoms with Crippen molar-refractivity contribution in [3.8, 4) is 11.3 Å². The van der Waals surface area contributed by atoms with E-state index in [0.717, 1.165) is 49.2 Å². The molecule has 0 spiro atoms. The van der Waals surface area contributed by atoms with Crippen molar-refractivity contribution in [2.75, 3.05) is 36.4 Å². The molecular weight excluding hydrogens is 362 g/mol. The molecule has 1 amide bonds. The molecule has 1 aromatic carbocycles. The van der Waals surface area contributed by atoms with E-state index in [9.17, 15) is 4.79 Å². The molecule has 0 bridgehead atoms. The molecule has 6 nitrogen and oxygen atoms in total. The first-order valence-corrected chi connectivity index (χ1v) is 10.9. The Morgan fingerprint density at radius 1 is 0.966 bits per heavy atom. The fourth-order valence-electron chi connectivity index (χ4n) is 4.27. The molecule has 1 aromatic heterocycles. The number of nitrogens with zero attached hydrogens (tertiary/aromatic N) is 4. The highest BCUT2D eigenvalue weighted by Crippen LogP contribution is 2.26. The number of piperazine rings is 1. The van der Waals surface area contributed by atoms with Gasteiger partial charge in [-0.25, -0.2) is 4.98 Å². The minimum atomic E-state index is 0.146. The van der Waals surface area contributed by atoms with Gasteiger partial charge in [0.2, 0.25) is 11.9 Å². The summed E-state index contributed by atoms with van der Waals surface area (Å²) in [7, 11) is 0. The summed E-state index contributed by atoms with van der Waals surface area (Å²) in [6, 6.07) is 12.8. The summed E-state index contributed by atoms with van der Waals surface area (Å²) in [4.78, 5) is 25.6. The molecule has 6 heteroatoms. The van der Waals surface area contributed by atoms with Gasteiger partial charge in [0.05, 0.1) is 5.69 Å². The fraction of sp³-hybridized carbons (Fsp3) is 0.522. The highest BCUT2D eigenvalue weighted by Gasteiger charge is 2.22. The van der Waals surface area contributed by atoms with Crippen LogP contribution in [-0.4, -0.2) is 53.0 Å². The Labute approximate surface area is 173 Å². The number of amides is 1. The lowest BCUT2D eigenvalue weighted by atomic mass is 10.1. The molecule has 0 atom stereocenters. The van der Waals surface area contributed by atoms with Crippen LogP contribution in [0.4, 0.5) is 11.8 Å². The van der Waals surface area contributed by atoms with E-state index in [4.69, 9.17) is 9.97 Å². The Kier molecular flexibility index (Phi) is 6.27. The van der Waals surface area contributed by atoms with Gasteiger partial charge in [-0.2, -0.15) is 4.98 Å². The van der Waals surface area contributed by atoms with Crippen molar-refractivity contribution in [3.63, 3.8) is 0 Å². The summed E-state index contributed by atoms with van der Waals surface area (Å²) in [6.07, 6.45) is 7.58. The number of nitrogens with one attached hydrogen (secondary N) is 1. The van der Waals surface area contributed by atoms with Gasteiger partial charge >= 0.3 is 0 Å². The third-order valence-corrected chi connectivity index (χ3v) is 6.02. The maximum atomic E-state index is 11.7. The lowest BCUT2D eigenvalue weighted by Crippen LogP contribution is -2.48. The van der Waals surface area contributed by atoms with Crippen LogP contribution < -0.4 is 10.2 Å². The van der Waals surface area contributed by atoms with Crippen molar-refractivity contribution in [1.82, 2.24) is 14.9 Å². The average molecular weight is 394 g/mol. The summed E-state index contributed by atoms with van der Waals surface area (Å²) in [5, 5.41) is 3.62. The van der Waals surface area contributed by atoms with Gasteiger partial charge in [0, 0.05) is 50.8 Å². The van der Waals surface area contributed by atoms with Gasteiger partial charge in [0.15, 0.2) is 0 Å². The molecule has 29 heavy (non-hydrogen) atoms. The van der Waals surface area contributed by atoms with Gasteiger partial charge in [-0.15, -0.1) is 0 Å². The van der Waals surface area contributed by atoms with Crippen molar-refractivity contribution in [1.29, 1.82) is 0 Å². The van der Waals surface area contributed by atoms with E-state index in [-0.39, 0.29) is 5.91 Å². The Bertz CT molecular complexity index is 809. The van der Waals surface area contributed by atoms with Crippen LogP contribution in [0.1, 0.15) is 45.4 Å². The summed E-state index contributed by atoms with van der Waals surface area (Å²) in [6.45, 7) is 4.72. The van der Waals surface area contributed by atoms with Crippen LogP contribution in [0.2, 0.25) is 0 Å². The first kappa shape index (κ1) is 19.7. The largest absolute Gasteiger partial charge is 0.353 e. The summed E-state index contributed by atoms with van der Waals surface area (Å²) < 4.78 is 0. The van der Waals surface area contributed by atoms with Crippen LogP contribution in [0.5, 0.6) is 0 Å². The Morgan fingerprint density at radius 3 is 2.31 bits per heavy atom. The highest BCUT2D eigenvalue weighted by atomic mass is 16.2. The number of carbonyl (C=O) groups is 1. The van der Waals surface area contributed by atoms with E-state index >= 15 is 0 Å². The van der Waals surface area contributed by atoms with E-state index < -0.39 is 0 Å². The first-order chi connectivity index (χ1) is 14.2. The molecule has 0 unspecified atom stereocenters. The second kappa shape index (κ2) is 9.25. The minimum Gasteiger partial charge on any atom is -0.353 e. The quantitative estimate of drug-likeness (QED) is 0.797. The van der Waals surface area contributed by atoms with Gasteiger partial charge in [-0.3, -0.25) is 4.79 Å². The summed E-state index contributed by atoms with van der Waals surface area (Å²) >= 11 is 0. The molecule has 0 radical (unpaired) electrons. The Morgan fingerprint density at radius 2 is 1.66 bits per heavy atom. The molecule has 2 aliphatic rings. The molecule has 1 aliphatic heterocycles. The van der Waals surface area contributed by atoms with Gasteiger partial charge < -0.3 is 15.1 Å². The third kappa shape index (κ3) is 5.05. The van der Waals surface area contributed by atoms with Crippen LogP contribution in [0.15, 0.2) is 36.4 Å². The molecule has 2 aromatic rings. The molecule has 1 N–H and O–H groups in total. The van der Waals surface area contributed by atoms with Crippen molar-refractivity contribution >= 4 is 17.7 Å². The Balaban J connectivity index is 1.59. The first-order valence-electron chi connectivity index (χ1n) is 10.9. The maximum Gasteiger partial charge on any atom is 0.225 e. The normalized spacial score (nSPS) is 18.4. The molecule has 2 fully saturated rings. The topological polar surface area (TPSA) is 61.4 Å². The SMILES string of the molecule is CC(=O)N1CCN(c2cc(-c3ccccc3)nc(NC3CCCCCC3)n2)CC1. The number of aromatic nitrogens is 2. The lowest BCUT2D eigenvalue weighted by molar-refractivity contribution is -0.129. The maximum absolute atomic E-state index is 11.7. The van der Waals surface area contributed by atoms with Crippen LogP contribution in [0.3, 0.4) is 0 Å². The molecule has 1 saturated heterocycles. The van der Waals surface area contributed by atoms with Gasteiger partial charge in [0.25, 0.3) is 0 Å². The van der Waals surface area contributed by atoms with Crippen LogP contribution >= 0.6 is 0 Å². The van der Waals surface area contributed by atoms with Crippen LogP contribution in [-0.2, 0) is 4.79 Å². The Hall–Kier alpha value is -2.63. The number of benzene rings is 1. The van der Waals surface area contributed by atoms with E-state index in [1.54, 1.807) is 6.92 Å². The number of rotatable bonds is 4. The van der Waals surface area contributed by atoms with E-state index in [1.807, 2.05) is 23.1 Å². The smallest absolute Gasteiger partial charge is 0.225 e. The van der Waals surface area contributed by atoms with Crippen molar-refractivity contribution in [2.45, 2.75) is 51.5 Å². The number of anilines is 2. The zero-order valence-corrected chi connectivity index (χ0v) is 17.3. The highest BCUT2D eigenvalue weighted by molar-refractivity contribution is 5.73. The van der Waals surface area contributed by atoms with Gasteiger partial charge in [0.1, 0.15) is 5.82 Å². The zero-order chi connectivity index (χ0) is 20.1. The second-order valence-corrected chi connectivity index (χ2v) is 8.13. The van der Waals surface area contributed by atoms with E-state index in [0.29, 0.717) is 6.04 Å². The molecular formula is C23H31N5O. The number of carbonyl (C=O) groups excluding carboxylic acids is 1. The monoisotopic (exact) mass is 393 g/mol. The number of hydrogen-bond acceptors (Lipinski definition) is 5. The van der Waals surface area contributed by atoms with E-state index in [2.05, 4.69) is 28.4 Å². The summed E-state index contributed by atoms with van der Waals surface area (Å²) in [5.41, 5.74) is 2.04. The molecule has 4 rings (SSSR count). The predicted octanol–water partition coefficient (Wildman–Crippen LogP) is 3.95. The predicted molar refractivity (Wildman–Crippen MR) is 117 cm³/mol. The number of hydrogen-bond donors (Lipinski definition) is 1. The van der Waals surface area contributed by atoms with Crippen molar-refractivity contribution < 1.29 is 4.79 Å². The standard InChI is InChI=1S/C23H31N5O/c1-18(29)27-13-15-28(16-14-27)22-17-21(19-9-5-4-6-10-19)25-23(26-22)24-20-11-7-2-3-8-12-20/h4-6,9-10,17,20H,2-3,7-8,11-16H2,1H3,(H,24,25,26). The zero-order valence-electron chi connectivity index (χ0n) is 17.3. The molecule has 154 valence electrons. The van der Waals surface area contributed by atoms with E-state index in [1.165, 1.54) is 38.5 Å². The molecule has 1 saturated carbocycles. The van der Waals surface area contributed by atoms with Gasteiger partial charge in [-0.05, 0) is 12.8 Å². The average Bonchev–Trinajstić information content (AvgIpc) is 3.03. The second-order valence-electron chi connectivity index (χ2n) is 8.13. The van der Waals surface area contributed by atoms with Crippen LogP contribution in [0, 0.1) is 0 Å².